The number of rotatable bonds is 3. The van der Waals surface area contributed by atoms with Crippen LogP contribution in [0.15, 0.2) is 24.4 Å². The number of aryl methyl sites for hydroxylation is 2. The molecule has 4 nitrogen and oxygen atoms in total. The highest BCUT2D eigenvalue weighted by Gasteiger charge is 2.13. The number of nitrogens with one attached hydrogen (secondary N) is 2. The Kier molecular flexibility index (Phi) is 5.08. The summed E-state index contributed by atoms with van der Waals surface area (Å²) in [6.45, 7) is 4.00. The van der Waals surface area contributed by atoms with Crippen LogP contribution in [0.3, 0.4) is 0 Å². The van der Waals surface area contributed by atoms with Gasteiger partial charge in [-0.15, -0.1) is 0 Å². The number of nitrogens with zero attached hydrogens (tertiary/aromatic N) is 2. The van der Waals surface area contributed by atoms with Crippen molar-refractivity contribution in [2.75, 3.05) is 5.32 Å². The predicted molar refractivity (Wildman–Crippen MR) is 92.2 cm³/mol. The van der Waals surface area contributed by atoms with Crippen molar-refractivity contribution in [3.63, 3.8) is 0 Å². The Hall–Kier alpha value is -1.30. The molecule has 0 saturated carbocycles. The van der Waals surface area contributed by atoms with Gasteiger partial charge in [0.25, 0.3) is 0 Å². The molecule has 0 aliphatic heterocycles. The normalized spacial score (nSPS) is 12.0. The average Bonchev–Trinajstić information content (AvgIpc) is 2.72. The number of halogens is 2. The van der Waals surface area contributed by atoms with E-state index in [1.54, 1.807) is 22.9 Å². The minimum atomic E-state index is 0.0461. The molecule has 0 bridgehead atoms. The van der Waals surface area contributed by atoms with Crippen molar-refractivity contribution in [2.45, 2.75) is 19.9 Å². The summed E-state index contributed by atoms with van der Waals surface area (Å²) >= 11 is 17.3. The van der Waals surface area contributed by atoms with Crippen molar-refractivity contribution in [3.8, 4) is 0 Å². The first-order chi connectivity index (χ1) is 9.86. The largest absolute Gasteiger partial charge is 0.356 e. The van der Waals surface area contributed by atoms with Gasteiger partial charge in [-0.3, -0.25) is 4.68 Å². The summed E-state index contributed by atoms with van der Waals surface area (Å²) in [5.74, 6) is 0. The molecular weight excluding hydrogens is 327 g/mol. The van der Waals surface area contributed by atoms with Gasteiger partial charge in [0.05, 0.1) is 22.4 Å². The molecule has 21 heavy (non-hydrogen) atoms. The highest BCUT2D eigenvalue weighted by atomic mass is 35.5. The zero-order valence-corrected chi connectivity index (χ0v) is 14.3. The van der Waals surface area contributed by atoms with E-state index >= 15 is 0 Å². The molecule has 2 rings (SSSR count). The van der Waals surface area contributed by atoms with Crippen molar-refractivity contribution < 1.29 is 0 Å². The molecule has 1 aromatic carbocycles. The van der Waals surface area contributed by atoms with Gasteiger partial charge in [-0.2, -0.15) is 5.10 Å². The number of thiocarbonyl (C=S) groups is 1. The Balaban J connectivity index is 2.03. The topological polar surface area (TPSA) is 41.9 Å². The lowest BCUT2D eigenvalue weighted by Crippen LogP contribution is -2.31. The van der Waals surface area contributed by atoms with E-state index in [0.717, 1.165) is 11.3 Å². The predicted octanol–water partition coefficient (Wildman–Crippen LogP) is 4.08. The fourth-order valence-corrected chi connectivity index (χ4v) is 2.81. The molecule has 1 heterocycles. The summed E-state index contributed by atoms with van der Waals surface area (Å²) in [7, 11) is 1.90. The lowest BCUT2D eigenvalue weighted by Gasteiger charge is -2.17. The first kappa shape index (κ1) is 16.1. The summed E-state index contributed by atoms with van der Waals surface area (Å²) in [4.78, 5) is 0. The molecule has 7 heteroatoms. The molecule has 0 saturated heterocycles. The summed E-state index contributed by atoms with van der Waals surface area (Å²) < 4.78 is 1.79. The second kappa shape index (κ2) is 6.64. The standard InChI is InChI=1S/C14H16Cl2N4S/c1-8(11-7-20(3)19-9(11)2)17-14(21)18-13-5-4-10(15)6-12(13)16/h4-8H,1-3H3,(H2,17,18,21). The van der Waals surface area contributed by atoms with Gasteiger partial charge < -0.3 is 10.6 Å². The van der Waals surface area contributed by atoms with Crippen LogP contribution in [0.5, 0.6) is 0 Å². The summed E-state index contributed by atoms with van der Waals surface area (Å²) in [5, 5.41) is 12.2. The van der Waals surface area contributed by atoms with Crippen LogP contribution >= 0.6 is 35.4 Å². The average molecular weight is 343 g/mol. The maximum absolute atomic E-state index is 6.11. The fourth-order valence-electron chi connectivity index (χ4n) is 2.07. The number of hydrogen-bond acceptors (Lipinski definition) is 2. The van der Waals surface area contributed by atoms with Crippen molar-refractivity contribution in [1.82, 2.24) is 15.1 Å². The molecular formula is C14H16Cl2N4S. The lowest BCUT2D eigenvalue weighted by atomic mass is 10.1. The van der Waals surface area contributed by atoms with Crippen LogP contribution in [0, 0.1) is 6.92 Å². The maximum Gasteiger partial charge on any atom is 0.171 e. The highest BCUT2D eigenvalue weighted by Crippen LogP contribution is 2.25. The van der Waals surface area contributed by atoms with E-state index in [9.17, 15) is 0 Å². The molecule has 0 radical (unpaired) electrons. The van der Waals surface area contributed by atoms with Gasteiger partial charge in [-0.25, -0.2) is 0 Å². The van der Waals surface area contributed by atoms with Gasteiger partial charge in [0.15, 0.2) is 5.11 Å². The van der Waals surface area contributed by atoms with Gasteiger partial charge in [0.1, 0.15) is 0 Å². The van der Waals surface area contributed by atoms with Crippen LogP contribution in [0.2, 0.25) is 10.0 Å². The molecule has 0 aliphatic rings. The number of aromatic nitrogens is 2. The Morgan fingerprint density at radius 1 is 1.38 bits per heavy atom. The van der Waals surface area contributed by atoms with E-state index in [-0.39, 0.29) is 6.04 Å². The van der Waals surface area contributed by atoms with Crippen molar-refractivity contribution in [2.24, 2.45) is 7.05 Å². The van der Waals surface area contributed by atoms with Gasteiger partial charge in [-0.05, 0) is 44.3 Å². The Bertz CT molecular complexity index is 669. The summed E-state index contributed by atoms with van der Waals surface area (Å²) in [5.41, 5.74) is 2.79. The van der Waals surface area contributed by atoms with Crippen LogP contribution in [0.4, 0.5) is 5.69 Å². The van der Waals surface area contributed by atoms with Gasteiger partial charge in [-0.1, -0.05) is 23.2 Å². The van der Waals surface area contributed by atoms with Gasteiger partial charge in [0.2, 0.25) is 0 Å². The molecule has 0 fully saturated rings. The quantitative estimate of drug-likeness (QED) is 0.824. The third-order valence-corrected chi connectivity index (χ3v) is 3.81. The van der Waals surface area contributed by atoms with Crippen LogP contribution in [-0.2, 0) is 7.05 Å². The van der Waals surface area contributed by atoms with Crippen molar-refractivity contribution in [1.29, 1.82) is 0 Å². The maximum atomic E-state index is 6.11. The zero-order chi connectivity index (χ0) is 15.6. The Morgan fingerprint density at radius 3 is 2.67 bits per heavy atom. The smallest absolute Gasteiger partial charge is 0.171 e. The number of anilines is 1. The van der Waals surface area contributed by atoms with Gasteiger partial charge >= 0.3 is 0 Å². The molecule has 2 aromatic rings. The monoisotopic (exact) mass is 342 g/mol. The summed E-state index contributed by atoms with van der Waals surface area (Å²) in [6.07, 6.45) is 1.98. The molecule has 0 aliphatic carbocycles. The molecule has 0 spiro atoms. The van der Waals surface area contributed by atoms with Crippen LogP contribution in [0.25, 0.3) is 0 Å². The molecule has 1 unspecified atom stereocenters. The SMILES string of the molecule is Cc1nn(C)cc1C(C)NC(=S)Nc1ccc(Cl)cc1Cl. The van der Waals surface area contributed by atoms with Crippen molar-refractivity contribution in [3.05, 3.63) is 45.7 Å². The van der Waals surface area contributed by atoms with E-state index in [1.807, 2.05) is 27.1 Å². The third kappa shape index (κ3) is 4.09. The van der Waals surface area contributed by atoms with Crippen molar-refractivity contribution >= 4 is 46.2 Å². The zero-order valence-electron chi connectivity index (χ0n) is 11.9. The highest BCUT2D eigenvalue weighted by molar-refractivity contribution is 7.80. The van der Waals surface area contributed by atoms with Crippen LogP contribution in [0.1, 0.15) is 24.2 Å². The molecule has 2 N–H and O–H groups in total. The second-order valence-electron chi connectivity index (χ2n) is 4.79. The number of benzene rings is 1. The minimum absolute atomic E-state index is 0.0461. The molecule has 1 aromatic heterocycles. The van der Waals surface area contributed by atoms with Crippen LogP contribution in [-0.4, -0.2) is 14.9 Å². The number of hydrogen-bond donors (Lipinski definition) is 2. The van der Waals surface area contributed by atoms with Crippen LogP contribution < -0.4 is 10.6 Å². The molecule has 112 valence electrons. The molecule has 1 atom stereocenters. The van der Waals surface area contributed by atoms with E-state index in [0.29, 0.717) is 20.8 Å². The first-order valence-corrected chi connectivity index (χ1v) is 7.56. The van der Waals surface area contributed by atoms with E-state index < -0.39 is 0 Å². The fraction of sp³-hybridized carbons (Fsp3) is 0.286. The van der Waals surface area contributed by atoms with E-state index in [1.165, 1.54) is 0 Å². The van der Waals surface area contributed by atoms with E-state index in [4.69, 9.17) is 35.4 Å². The first-order valence-electron chi connectivity index (χ1n) is 6.39. The Morgan fingerprint density at radius 2 is 2.10 bits per heavy atom. The third-order valence-electron chi connectivity index (χ3n) is 3.04. The minimum Gasteiger partial charge on any atom is -0.356 e. The second-order valence-corrected chi connectivity index (χ2v) is 6.04. The lowest BCUT2D eigenvalue weighted by molar-refractivity contribution is 0.715. The molecule has 0 amide bonds. The van der Waals surface area contributed by atoms with E-state index in [2.05, 4.69) is 15.7 Å². The summed E-state index contributed by atoms with van der Waals surface area (Å²) in [6, 6.07) is 5.26. The van der Waals surface area contributed by atoms with Gasteiger partial charge in [0, 0.05) is 23.8 Å². The Labute approximate surface area is 139 Å².